The van der Waals surface area contributed by atoms with E-state index in [0.717, 1.165) is 38.5 Å². The third-order valence-electron chi connectivity index (χ3n) is 18.0. The van der Waals surface area contributed by atoms with Crippen LogP contribution in [0.4, 0.5) is 0 Å². The molecule has 1 aliphatic heterocycles. The lowest BCUT2D eigenvalue weighted by atomic mass is 9.98. The van der Waals surface area contributed by atoms with E-state index < -0.39 is 74.2 Å². The Morgan fingerprint density at radius 1 is 0.405 bits per heavy atom. The lowest BCUT2D eigenvalue weighted by Crippen LogP contribution is -2.60. The first-order valence-electron chi connectivity index (χ1n) is 36.7. The summed E-state index contributed by atoms with van der Waals surface area (Å²) in [5.74, 6) is -0.703. The summed E-state index contributed by atoms with van der Waals surface area (Å²) in [4.78, 5) is 13.3. The van der Waals surface area contributed by atoms with Crippen molar-refractivity contribution >= 4 is 5.91 Å². The zero-order valence-corrected chi connectivity index (χ0v) is 55.2. The Balaban J connectivity index is 2.20. The van der Waals surface area contributed by atoms with E-state index in [1.807, 2.05) is 0 Å². The maximum absolute atomic E-state index is 13.3. The van der Waals surface area contributed by atoms with Crippen LogP contribution in [0.25, 0.3) is 0 Å². The Labute approximate surface area is 518 Å². The lowest BCUT2D eigenvalue weighted by molar-refractivity contribution is -0.303. The van der Waals surface area contributed by atoms with Gasteiger partial charge in [0, 0.05) is 0 Å². The molecule has 0 radical (unpaired) electrons. The number of ether oxygens (including phenoxy) is 2. The molecule has 1 rings (SSSR count). The van der Waals surface area contributed by atoms with Crippen LogP contribution < -0.4 is 5.32 Å². The maximum atomic E-state index is 13.3. The summed E-state index contributed by atoms with van der Waals surface area (Å²) in [6, 6.07) is -1.19. The van der Waals surface area contributed by atoms with Crippen LogP contribution in [0.2, 0.25) is 0 Å². The van der Waals surface area contributed by atoms with E-state index in [1.54, 1.807) is 0 Å². The van der Waals surface area contributed by atoms with Crippen LogP contribution in [-0.4, -0.2) is 110 Å². The molecule has 0 bridgehead atoms. The Morgan fingerprint density at radius 3 is 1.06 bits per heavy atom. The highest BCUT2D eigenvalue weighted by molar-refractivity contribution is 5.80. The Kier molecular flexibility index (Phi) is 59.3. The number of hydrogen-bond acceptors (Lipinski definition) is 10. The van der Waals surface area contributed by atoms with Gasteiger partial charge in [-0.05, 0) is 51.4 Å². The van der Waals surface area contributed by atoms with Crippen molar-refractivity contribution in [1.29, 1.82) is 0 Å². The SMILES string of the molecule is CCCCCCCCCCCCCCCCCCCCCCCC/C=C/CC/C=C/CCCC(O)C(O)C(COC1OC(CO)C(O)C(O)C1O)NC(=O)C(O)CCCCCCCCCCCCCCCCCCCCCCCCCCCC. The molecule has 1 amide bonds. The number of carbonyl (C=O) groups is 1. The number of aliphatic hydroxyl groups excluding tert-OH is 7. The number of allylic oxidation sites excluding steroid dienone is 4. The highest BCUT2D eigenvalue weighted by Gasteiger charge is 2.44. The molecule has 1 fully saturated rings. The van der Waals surface area contributed by atoms with E-state index in [-0.39, 0.29) is 12.8 Å². The molecule has 0 aliphatic carbocycles. The van der Waals surface area contributed by atoms with Gasteiger partial charge in [0.1, 0.15) is 36.6 Å². The Bertz CT molecular complexity index is 1420. The van der Waals surface area contributed by atoms with E-state index in [1.165, 1.54) is 283 Å². The molecule has 11 nitrogen and oxygen atoms in total. The fourth-order valence-corrected chi connectivity index (χ4v) is 12.1. The molecular formula is C73H141NO10. The van der Waals surface area contributed by atoms with Crippen molar-refractivity contribution in [1.82, 2.24) is 5.32 Å². The van der Waals surface area contributed by atoms with Crippen molar-refractivity contribution in [2.75, 3.05) is 13.2 Å². The number of carbonyl (C=O) groups excluding carboxylic acids is 1. The fourth-order valence-electron chi connectivity index (χ4n) is 12.1. The summed E-state index contributed by atoms with van der Waals surface area (Å²) in [6.07, 6.45) is 67.1. The fraction of sp³-hybridized carbons (Fsp3) is 0.932. The van der Waals surface area contributed by atoms with Crippen LogP contribution in [0.1, 0.15) is 367 Å². The van der Waals surface area contributed by atoms with Crippen molar-refractivity contribution in [3.05, 3.63) is 24.3 Å². The van der Waals surface area contributed by atoms with E-state index in [0.29, 0.717) is 19.3 Å². The van der Waals surface area contributed by atoms with Crippen LogP contribution in [0.3, 0.4) is 0 Å². The van der Waals surface area contributed by atoms with Gasteiger partial charge in [-0.25, -0.2) is 0 Å². The molecule has 9 unspecified atom stereocenters. The van der Waals surface area contributed by atoms with E-state index in [4.69, 9.17) is 9.47 Å². The van der Waals surface area contributed by atoms with Gasteiger partial charge in [0.25, 0.3) is 0 Å². The van der Waals surface area contributed by atoms with Crippen LogP contribution >= 0.6 is 0 Å². The summed E-state index contributed by atoms with van der Waals surface area (Å²) < 4.78 is 11.2. The van der Waals surface area contributed by atoms with E-state index >= 15 is 0 Å². The van der Waals surface area contributed by atoms with Crippen molar-refractivity contribution in [2.24, 2.45) is 0 Å². The summed E-state index contributed by atoms with van der Waals surface area (Å²) in [7, 11) is 0. The van der Waals surface area contributed by atoms with Crippen LogP contribution in [0.15, 0.2) is 24.3 Å². The van der Waals surface area contributed by atoms with Gasteiger partial charge in [-0.15, -0.1) is 0 Å². The third kappa shape index (κ3) is 48.5. The second kappa shape index (κ2) is 61.8. The van der Waals surface area contributed by atoms with Gasteiger partial charge in [0.15, 0.2) is 6.29 Å². The number of rotatable bonds is 65. The first-order valence-corrected chi connectivity index (χ1v) is 36.7. The third-order valence-corrected chi connectivity index (χ3v) is 18.0. The summed E-state index contributed by atoms with van der Waals surface area (Å²) in [6.45, 7) is 3.50. The smallest absolute Gasteiger partial charge is 0.249 e. The minimum absolute atomic E-state index is 0.250. The quantitative estimate of drug-likeness (QED) is 0.0215. The summed E-state index contributed by atoms with van der Waals surface area (Å²) in [5, 5.41) is 76.5. The predicted molar refractivity (Wildman–Crippen MR) is 353 cm³/mol. The van der Waals surface area contributed by atoms with Gasteiger partial charge in [0.05, 0.1) is 25.4 Å². The number of hydrogen-bond donors (Lipinski definition) is 8. The molecule has 0 aromatic carbocycles. The zero-order valence-electron chi connectivity index (χ0n) is 55.2. The molecule has 0 saturated carbocycles. The Morgan fingerprint density at radius 2 is 0.714 bits per heavy atom. The number of amides is 1. The molecule has 11 heteroatoms. The molecule has 9 atom stereocenters. The predicted octanol–water partition coefficient (Wildman–Crippen LogP) is 18.0. The molecule has 498 valence electrons. The van der Waals surface area contributed by atoms with Gasteiger partial charge < -0.3 is 50.5 Å². The minimum Gasteiger partial charge on any atom is -0.394 e. The molecule has 0 aromatic heterocycles. The van der Waals surface area contributed by atoms with Crippen LogP contribution in [0, 0.1) is 0 Å². The number of nitrogens with one attached hydrogen (secondary N) is 1. The van der Waals surface area contributed by atoms with Crippen molar-refractivity contribution in [3.8, 4) is 0 Å². The highest BCUT2D eigenvalue weighted by atomic mass is 16.7. The van der Waals surface area contributed by atoms with Crippen molar-refractivity contribution in [2.45, 2.75) is 422 Å². The Hall–Kier alpha value is -1.41. The summed E-state index contributed by atoms with van der Waals surface area (Å²) in [5.41, 5.74) is 0. The normalized spacial score (nSPS) is 19.0. The standard InChI is InChI=1S/C73H141NO10/c1-3-5-7-9-11-13-15-17-19-21-23-25-27-29-31-32-33-34-35-37-38-40-42-44-46-48-50-52-54-56-58-60-65(76)68(78)64(63-83-73-71(81)70(80)69(79)67(62-75)84-73)74-72(82)66(77)61-59-57-55-53-51-49-47-45-43-41-39-36-30-28-26-24-22-20-18-16-14-12-10-8-6-4-2/h44,46,52,54,64-71,73,75-81H,3-43,45,47-51,53,55-63H2,1-2H3,(H,74,82)/b46-44+,54-52+. The van der Waals surface area contributed by atoms with Gasteiger partial charge in [0.2, 0.25) is 5.91 Å². The summed E-state index contributed by atoms with van der Waals surface area (Å²) >= 11 is 0. The second-order valence-corrected chi connectivity index (χ2v) is 26.0. The van der Waals surface area contributed by atoms with Gasteiger partial charge >= 0.3 is 0 Å². The number of aliphatic hydroxyl groups is 7. The second-order valence-electron chi connectivity index (χ2n) is 26.0. The first-order chi connectivity index (χ1) is 41.2. The first kappa shape index (κ1) is 80.6. The van der Waals surface area contributed by atoms with E-state index in [2.05, 4.69) is 43.5 Å². The largest absolute Gasteiger partial charge is 0.394 e. The average Bonchev–Trinajstić information content (AvgIpc) is 3.66. The molecule has 84 heavy (non-hydrogen) atoms. The lowest BCUT2D eigenvalue weighted by Gasteiger charge is -2.40. The van der Waals surface area contributed by atoms with Crippen molar-refractivity contribution < 1.29 is 50.0 Å². The van der Waals surface area contributed by atoms with E-state index in [9.17, 15) is 40.5 Å². The van der Waals surface area contributed by atoms with Gasteiger partial charge in [-0.1, -0.05) is 340 Å². The van der Waals surface area contributed by atoms with Crippen molar-refractivity contribution in [3.63, 3.8) is 0 Å². The van der Waals surface area contributed by atoms with Gasteiger partial charge in [-0.2, -0.15) is 0 Å². The van der Waals surface area contributed by atoms with Gasteiger partial charge in [-0.3, -0.25) is 4.79 Å². The average molecular weight is 1190 g/mol. The molecule has 1 aliphatic rings. The molecular weight excluding hydrogens is 1050 g/mol. The molecule has 0 aromatic rings. The topological polar surface area (TPSA) is 189 Å². The monoisotopic (exact) mass is 1190 g/mol. The zero-order chi connectivity index (χ0) is 61.0. The number of unbranched alkanes of at least 4 members (excludes halogenated alkanes) is 49. The minimum atomic E-state index is -1.67. The maximum Gasteiger partial charge on any atom is 0.249 e. The molecule has 1 heterocycles. The van der Waals surface area contributed by atoms with Crippen LogP contribution in [-0.2, 0) is 14.3 Å². The molecule has 0 spiro atoms. The molecule has 1 saturated heterocycles. The molecule has 8 N–H and O–H groups in total. The highest BCUT2D eigenvalue weighted by Crippen LogP contribution is 2.24. The van der Waals surface area contributed by atoms with Crippen LogP contribution in [0.5, 0.6) is 0 Å².